The molecular formula is C34H34ClN3O3. The number of nitrogens with zero attached hydrogens (tertiary/aromatic N) is 3. The number of aryl methyl sites for hydroxylation is 1. The van der Waals surface area contributed by atoms with E-state index in [9.17, 15) is 4.79 Å². The van der Waals surface area contributed by atoms with E-state index >= 15 is 0 Å². The Morgan fingerprint density at radius 3 is 2.63 bits per heavy atom. The van der Waals surface area contributed by atoms with Crippen LogP contribution in [0.25, 0.3) is 17.3 Å². The Bertz CT molecular complexity index is 1580. The lowest BCUT2D eigenvalue weighted by atomic mass is 9.99. The van der Waals surface area contributed by atoms with Crippen molar-refractivity contribution >= 4 is 29.3 Å². The molecule has 0 atom stereocenters. The highest BCUT2D eigenvalue weighted by Gasteiger charge is 2.23. The van der Waals surface area contributed by atoms with E-state index in [1.165, 1.54) is 11.1 Å². The van der Waals surface area contributed by atoms with Crippen molar-refractivity contribution < 1.29 is 14.1 Å². The zero-order valence-electron chi connectivity index (χ0n) is 23.3. The number of hydrogen-bond donors (Lipinski definition) is 0. The minimum Gasteiger partial charge on any atom is -0.494 e. The van der Waals surface area contributed by atoms with Gasteiger partial charge in [-0.05, 0) is 91.3 Å². The van der Waals surface area contributed by atoms with E-state index in [1.807, 2.05) is 54.3 Å². The maximum Gasteiger partial charge on any atom is 0.251 e. The fourth-order valence-electron chi connectivity index (χ4n) is 5.69. The SMILES string of the molecule is Cc1cc(-c2ccc3c(c2)CCN(CCCOc2ccc4c(c2)CCN4C(=O)/C=C/c2ccccc2Cl)CC3)no1. The van der Waals surface area contributed by atoms with Crippen LogP contribution < -0.4 is 9.64 Å². The van der Waals surface area contributed by atoms with Crippen molar-refractivity contribution in [3.8, 4) is 17.0 Å². The first-order valence-electron chi connectivity index (χ1n) is 14.3. The van der Waals surface area contributed by atoms with Gasteiger partial charge in [-0.3, -0.25) is 4.79 Å². The molecular weight excluding hydrogens is 534 g/mol. The second-order valence-electron chi connectivity index (χ2n) is 10.7. The van der Waals surface area contributed by atoms with E-state index < -0.39 is 0 Å². The molecule has 6 rings (SSSR count). The van der Waals surface area contributed by atoms with Crippen molar-refractivity contribution in [2.75, 3.05) is 37.7 Å². The van der Waals surface area contributed by atoms with Gasteiger partial charge in [0.05, 0.1) is 6.61 Å². The Hall–Kier alpha value is -3.87. The molecule has 0 aliphatic carbocycles. The van der Waals surface area contributed by atoms with E-state index in [0.29, 0.717) is 18.2 Å². The monoisotopic (exact) mass is 567 g/mol. The molecule has 2 aliphatic rings. The van der Waals surface area contributed by atoms with Crippen molar-refractivity contribution in [3.05, 3.63) is 106 Å². The standard InChI is InChI=1S/C34H34ClN3O3/c1-24-21-32(36-41-24)28-8-7-25-13-17-37(18-14-27(25)22-28)16-4-20-40-30-10-11-33-29(23-30)15-19-38(33)34(39)12-9-26-5-2-3-6-31(26)35/h2-3,5-12,21-23H,4,13-20H2,1H3/b12-9+. The summed E-state index contributed by atoms with van der Waals surface area (Å²) in [5, 5.41) is 4.81. The summed E-state index contributed by atoms with van der Waals surface area (Å²) in [6.07, 6.45) is 7.26. The number of halogens is 1. The molecule has 4 aromatic rings. The van der Waals surface area contributed by atoms with Gasteiger partial charge in [-0.1, -0.05) is 47.1 Å². The summed E-state index contributed by atoms with van der Waals surface area (Å²) in [6, 6.07) is 22.2. The molecule has 1 amide bonds. The first-order chi connectivity index (χ1) is 20.0. The predicted molar refractivity (Wildman–Crippen MR) is 164 cm³/mol. The van der Waals surface area contributed by atoms with Crippen LogP contribution in [0.4, 0.5) is 5.69 Å². The fraction of sp³-hybridized carbons (Fsp3) is 0.294. The molecule has 0 radical (unpaired) electrons. The van der Waals surface area contributed by atoms with Crippen LogP contribution in [-0.2, 0) is 24.1 Å². The number of hydrogen-bond acceptors (Lipinski definition) is 5. The largest absolute Gasteiger partial charge is 0.494 e. The lowest BCUT2D eigenvalue weighted by Gasteiger charge is -2.19. The van der Waals surface area contributed by atoms with E-state index in [1.54, 1.807) is 12.2 Å². The highest BCUT2D eigenvalue weighted by atomic mass is 35.5. The Morgan fingerprint density at radius 1 is 0.976 bits per heavy atom. The van der Waals surface area contributed by atoms with Crippen LogP contribution >= 0.6 is 11.6 Å². The minimum atomic E-state index is -0.0404. The number of anilines is 1. The Balaban J connectivity index is 0.978. The van der Waals surface area contributed by atoms with Gasteiger partial charge in [0.15, 0.2) is 0 Å². The van der Waals surface area contributed by atoms with Gasteiger partial charge >= 0.3 is 0 Å². The molecule has 0 saturated carbocycles. The molecule has 0 bridgehead atoms. The molecule has 7 heteroatoms. The molecule has 0 saturated heterocycles. The average molecular weight is 568 g/mol. The smallest absolute Gasteiger partial charge is 0.251 e. The fourth-order valence-corrected chi connectivity index (χ4v) is 5.89. The van der Waals surface area contributed by atoms with Crippen LogP contribution in [-0.4, -0.2) is 48.7 Å². The highest BCUT2D eigenvalue weighted by molar-refractivity contribution is 6.32. The first kappa shape index (κ1) is 27.3. The quantitative estimate of drug-likeness (QED) is 0.174. The van der Waals surface area contributed by atoms with Gasteiger partial charge in [0, 0.05) is 54.6 Å². The number of ether oxygens (including phenoxy) is 1. The molecule has 0 fully saturated rings. The normalized spacial score (nSPS) is 15.1. The predicted octanol–water partition coefficient (Wildman–Crippen LogP) is 6.78. The zero-order valence-corrected chi connectivity index (χ0v) is 24.1. The number of rotatable bonds is 8. The maximum absolute atomic E-state index is 12.9. The summed E-state index contributed by atoms with van der Waals surface area (Å²) in [6.45, 7) is 6.37. The van der Waals surface area contributed by atoms with E-state index in [-0.39, 0.29) is 5.91 Å². The summed E-state index contributed by atoms with van der Waals surface area (Å²) in [7, 11) is 0. The molecule has 41 heavy (non-hydrogen) atoms. The van der Waals surface area contributed by atoms with Gasteiger partial charge in [0.25, 0.3) is 5.91 Å². The third kappa shape index (κ3) is 6.39. The third-order valence-corrected chi connectivity index (χ3v) is 8.28. The molecule has 0 unspecified atom stereocenters. The first-order valence-corrected chi connectivity index (χ1v) is 14.7. The van der Waals surface area contributed by atoms with Crippen LogP contribution in [0, 0.1) is 6.92 Å². The zero-order chi connectivity index (χ0) is 28.2. The van der Waals surface area contributed by atoms with Crippen molar-refractivity contribution in [2.24, 2.45) is 0 Å². The summed E-state index contributed by atoms with van der Waals surface area (Å²) in [4.78, 5) is 17.2. The van der Waals surface area contributed by atoms with Crippen LogP contribution in [0.5, 0.6) is 5.75 Å². The van der Waals surface area contributed by atoms with Crippen molar-refractivity contribution in [1.82, 2.24) is 10.1 Å². The van der Waals surface area contributed by atoms with Gasteiger partial charge in [-0.25, -0.2) is 0 Å². The van der Waals surface area contributed by atoms with Crippen LogP contribution in [0.15, 0.2) is 77.3 Å². The summed E-state index contributed by atoms with van der Waals surface area (Å²) in [5.41, 5.74) is 7.80. The second kappa shape index (κ2) is 12.3. The van der Waals surface area contributed by atoms with Gasteiger partial charge in [0.2, 0.25) is 0 Å². The molecule has 3 heterocycles. The van der Waals surface area contributed by atoms with Crippen LogP contribution in [0.1, 0.15) is 34.4 Å². The topological polar surface area (TPSA) is 58.8 Å². The van der Waals surface area contributed by atoms with E-state index in [0.717, 1.165) is 84.9 Å². The number of carbonyl (C=O) groups excluding carboxylic acids is 1. The van der Waals surface area contributed by atoms with Crippen molar-refractivity contribution in [3.63, 3.8) is 0 Å². The highest BCUT2D eigenvalue weighted by Crippen LogP contribution is 2.32. The molecule has 0 spiro atoms. The number of fused-ring (bicyclic) bond motifs is 2. The number of benzene rings is 3. The van der Waals surface area contributed by atoms with Crippen LogP contribution in [0.2, 0.25) is 5.02 Å². The third-order valence-electron chi connectivity index (χ3n) is 7.94. The summed E-state index contributed by atoms with van der Waals surface area (Å²) in [5.74, 6) is 1.66. The maximum atomic E-state index is 12.9. The number of aromatic nitrogens is 1. The van der Waals surface area contributed by atoms with Crippen LogP contribution in [0.3, 0.4) is 0 Å². The Morgan fingerprint density at radius 2 is 1.80 bits per heavy atom. The lowest BCUT2D eigenvalue weighted by Crippen LogP contribution is -2.28. The number of carbonyl (C=O) groups is 1. The Labute approximate surface area is 246 Å². The molecule has 0 N–H and O–H groups in total. The van der Waals surface area contributed by atoms with Crippen molar-refractivity contribution in [1.29, 1.82) is 0 Å². The minimum absolute atomic E-state index is 0.0404. The summed E-state index contributed by atoms with van der Waals surface area (Å²) >= 11 is 6.22. The molecule has 210 valence electrons. The lowest BCUT2D eigenvalue weighted by molar-refractivity contribution is -0.114. The van der Waals surface area contributed by atoms with E-state index in [2.05, 4.69) is 34.3 Å². The van der Waals surface area contributed by atoms with Gasteiger partial charge in [-0.15, -0.1) is 0 Å². The second-order valence-corrected chi connectivity index (χ2v) is 11.1. The molecule has 2 aliphatic heterocycles. The summed E-state index contributed by atoms with van der Waals surface area (Å²) < 4.78 is 11.4. The molecule has 1 aromatic heterocycles. The van der Waals surface area contributed by atoms with E-state index in [4.69, 9.17) is 20.9 Å². The van der Waals surface area contributed by atoms with Gasteiger partial charge < -0.3 is 19.1 Å². The molecule has 3 aromatic carbocycles. The van der Waals surface area contributed by atoms with Gasteiger partial charge in [0.1, 0.15) is 17.2 Å². The van der Waals surface area contributed by atoms with Crippen molar-refractivity contribution in [2.45, 2.75) is 32.6 Å². The number of amides is 1. The molecule has 6 nitrogen and oxygen atoms in total. The van der Waals surface area contributed by atoms with Gasteiger partial charge in [-0.2, -0.15) is 0 Å². The Kier molecular flexibility index (Phi) is 8.21. The average Bonchev–Trinajstić information content (AvgIpc) is 3.56.